The van der Waals surface area contributed by atoms with Crippen LogP contribution < -0.4 is 5.32 Å². The van der Waals surface area contributed by atoms with Crippen molar-refractivity contribution < 1.29 is 9.63 Å². The number of nitrogens with zero attached hydrogens (tertiary/aromatic N) is 2. The number of rotatable bonds is 2. The quantitative estimate of drug-likeness (QED) is 0.879. The Labute approximate surface area is 115 Å². The highest BCUT2D eigenvalue weighted by Crippen LogP contribution is 2.28. The molecule has 6 heteroatoms. The molecule has 1 aliphatic rings. The molecule has 1 saturated heterocycles. The summed E-state index contributed by atoms with van der Waals surface area (Å²) in [5.41, 5.74) is -0.248. The number of hydrogen-bond donors (Lipinski definition) is 2. The summed E-state index contributed by atoms with van der Waals surface area (Å²) in [5.74, 6) is 0.732. The molecule has 5 nitrogen and oxygen atoms in total. The summed E-state index contributed by atoms with van der Waals surface area (Å²) in [6.45, 7) is 1.34. The van der Waals surface area contributed by atoms with Crippen LogP contribution in [0, 0.1) is 0 Å². The lowest BCUT2D eigenvalue weighted by molar-refractivity contribution is -0.0167. The number of aromatic nitrogens is 2. The van der Waals surface area contributed by atoms with Crippen LogP contribution in [0.1, 0.15) is 18.7 Å². The van der Waals surface area contributed by atoms with Gasteiger partial charge in [0, 0.05) is 17.1 Å². The van der Waals surface area contributed by atoms with E-state index < -0.39 is 5.60 Å². The fourth-order valence-corrected chi connectivity index (χ4v) is 2.33. The van der Waals surface area contributed by atoms with Gasteiger partial charge in [-0.3, -0.25) is 0 Å². The lowest BCUT2D eigenvalue weighted by Crippen LogP contribution is -2.43. The van der Waals surface area contributed by atoms with Crippen molar-refractivity contribution in [1.82, 2.24) is 15.5 Å². The van der Waals surface area contributed by atoms with E-state index in [1.165, 1.54) is 0 Å². The van der Waals surface area contributed by atoms with Crippen molar-refractivity contribution >= 4 is 11.6 Å². The van der Waals surface area contributed by atoms with Crippen molar-refractivity contribution in [3.8, 4) is 11.4 Å². The van der Waals surface area contributed by atoms with E-state index in [9.17, 15) is 5.11 Å². The van der Waals surface area contributed by atoms with Crippen molar-refractivity contribution in [2.75, 3.05) is 13.1 Å². The van der Waals surface area contributed by atoms with Crippen LogP contribution in [0.2, 0.25) is 5.02 Å². The average molecular weight is 280 g/mol. The van der Waals surface area contributed by atoms with Crippen molar-refractivity contribution in [1.29, 1.82) is 0 Å². The lowest BCUT2D eigenvalue weighted by Gasteiger charge is -2.28. The van der Waals surface area contributed by atoms with Gasteiger partial charge in [0.25, 0.3) is 5.89 Å². The smallest absolute Gasteiger partial charge is 0.260 e. The summed E-state index contributed by atoms with van der Waals surface area (Å²) in [6, 6.07) is 7.17. The van der Waals surface area contributed by atoms with Crippen molar-refractivity contribution in [3.05, 3.63) is 35.2 Å². The fraction of sp³-hybridized carbons (Fsp3) is 0.385. The van der Waals surface area contributed by atoms with Gasteiger partial charge in [-0.1, -0.05) is 16.8 Å². The van der Waals surface area contributed by atoms with Gasteiger partial charge in [0.1, 0.15) is 0 Å². The van der Waals surface area contributed by atoms with E-state index in [1.54, 1.807) is 12.1 Å². The minimum atomic E-state index is -1.06. The highest BCUT2D eigenvalue weighted by atomic mass is 35.5. The Balaban J connectivity index is 1.88. The summed E-state index contributed by atoms with van der Waals surface area (Å²) >= 11 is 5.84. The standard InChI is InChI=1S/C13H14ClN3O2/c14-10-4-2-9(3-5-10)11-16-12(19-17-11)13(18)6-1-7-15-8-13/h2-5,15,18H,1,6-8H2. The third-order valence-corrected chi connectivity index (χ3v) is 3.54. The first-order valence-corrected chi connectivity index (χ1v) is 6.58. The van der Waals surface area contributed by atoms with Crippen LogP contribution in [-0.2, 0) is 5.60 Å². The molecular formula is C13H14ClN3O2. The first-order valence-electron chi connectivity index (χ1n) is 6.21. The normalized spacial score (nSPS) is 23.5. The largest absolute Gasteiger partial charge is 0.379 e. The lowest BCUT2D eigenvalue weighted by atomic mass is 9.94. The van der Waals surface area contributed by atoms with E-state index >= 15 is 0 Å². The predicted molar refractivity (Wildman–Crippen MR) is 70.7 cm³/mol. The Bertz CT molecular complexity index is 562. The van der Waals surface area contributed by atoms with Crippen LogP contribution in [0.3, 0.4) is 0 Å². The van der Waals surface area contributed by atoms with E-state index in [0.717, 1.165) is 18.5 Å². The van der Waals surface area contributed by atoms with Gasteiger partial charge in [-0.15, -0.1) is 0 Å². The molecule has 0 radical (unpaired) electrons. The molecule has 1 fully saturated rings. The van der Waals surface area contributed by atoms with Gasteiger partial charge in [0.2, 0.25) is 5.82 Å². The van der Waals surface area contributed by atoms with Crippen LogP contribution in [0.5, 0.6) is 0 Å². The molecule has 2 heterocycles. The molecule has 0 saturated carbocycles. The molecular weight excluding hydrogens is 266 g/mol. The number of aliphatic hydroxyl groups is 1. The van der Waals surface area contributed by atoms with E-state index in [4.69, 9.17) is 16.1 Å². The minimum Gasteiger partial charge on any atom is -0.379 e. The zero-order chi connectivity index (χ0) is 13.3. The topological polar surface area (TPSA) is 71.2 Å². The molecule has 1 aliphatic heterocycles. The molecule has 100 valence electrons. The Kier molecular flexibility index (Phi) is 3.26. The highest BCUT2D eigenvalue weighted by molar-refractivity contribution is 6.30. The van der Waals surface area contributed by atoms with E-state index in [1.807, 2.05) is 12.1 Å². The average Bonchev–Trinajstić information content (AvgIpc) is 2.91. The molecule has 2 aromatic rings. The molecule has 0 spiro atoms. The van der Waals surface area contributed by atoms with Gasteiger partial charge in [-0.2, -0.15) is 4.98 Å². The molecule has 0 aliphatic carbocycles. The molecule has 1 unspecified atom stereocenters. The Morgan fingerprint density at radius 3 is 2.79 bits per heavy atom. The van der Waals surface area contributed by atoms with E-state index in [0.29, 0.717) is 23.8 Å². The molecule has 1 atom stereocenters. The molecule has 1 aromatic heterocycles. The number of hydrogen-bond acceptors (Lipinski definition) is 5. The van der Waals surface area contributed by atoms with Gasteiger partial charge in [-0.25, -0.2) is 0 Å². The Morgan fingerprint density at radius 2 is 2.11 bits per heavy atom. The van der Waals surface area contributed by atoms with Crippen LogP contribution >= 0.6 is 11.6 Å². The summed E-state index contributed by atoms with van der Waals surface area (Å²) in [5, 5.41) is 18.2. The molecule has 0 bridgehead atoms. The van der Waals surface area contributed by atoms with Gasteiger partial charge in [0.05, 0.1) is 0 Å². The van der Waals surface area contributed by atoms with Crippen molar-refractivity contribution in [2.45, 2.75) is 18.4 Å². The summed E-state index contributed by atoms with van der Waals surface area (Å²) in [4.78, 5) is 4.29. The fourth-order valence-electron chi connectivity index (χ4n) is 2.20. The summed E-state index contributed by atoms with van der Waals surface area (Å²) in [7, 11) is 0. The molecule has 3 rings (SSSR count). The second-order valence-corrected chi connectivity index (χ2v) is 5.18. The highest BCUT2D eigenvalue weighted by Gasteiger charge is 2.37. The van der Waals surface area contributed by atoms with Crippen LogP contribution in [0.25, 0.3) is 11.4 Å². The third kappa shape index (κ3) is 2.49. The number of nitrogens with one attached hydrogen (secondary N) is 1. The number of halogens is 1. The maximum Gasteiger partial charge on any atom is 0.260 e. The second kappa shape index (κ2) is 4.92. The molecule has 19 heavy (non-hydrogen) atoms. The third-order valence-electron chi connectivity index (χ3n) is 3.29. The van der Waals surface area contributed by atoms with Crippen molar-refractivity contribution in [2.24, 2.45) is 0 Å². The Morgan fingerprint density at radius 1 is 1.32 bits per heavy atom. The zero-order valence-electron chi connectivity index (χ0n) is 10.3. The SMILES string of the molecule is OC1(c2nc(-c3ccc(Cl)cc3)no2)CCCNC1. The van der Waals surface area contributed by atoms with E-state index in [-0.39, 0.29) is 5.89 Å². The Hall–Kier alpha value is -1.43. The first kappa shape index (κ1) is 12.6. The molecule has 2 N–H and O–H groups in total. The zero-order valence-corrected chi connectivity index (χ0v) is 11.0. The molecule has 1 aromatic carbocycles. The van der Waals surface area contributed by atoms with E-state index in [2.05, 4.69) is 15.5 Å². The van der Waals surface area contributed by atoms with Crippen LogP contribution in [0.4, 0.5) is 0 Å². The number of benzene rings is 1. The number of β-amino-alcohol motifs (C(OH)–C–C–N with tert-alkyl or cyclic N) is 1. The van der Waals surface area contributed by atoms with Crippen LogP contribution in [0.15, 0.2) is 28.8 Å². The maximum absolute atomic E-state index is 10.5. The summed E-state index contributed by atoms with van der Waals surface area (Å²) < 4.78 is 5.21. The van der Waals surface area contributed by atoms with Gasteiger partial charge < -0.3 is 14.9 Å². The van der Waals surface area contributed by atoms with Gasteiger partial charge in [0.15, 0.2) is 5.60 Å². The molecule has 0 amide bonds. The summed E-state index contributed by atoms with van der Waals surface area (Å²) in [6.07, 6.45) is 1.51. The second-order valence-electron chi connectivity index (χ2n) is 4.74. The van der Waals surface area contributed by atoms with Gasteiger partial charge in [-0.05, 0) is 43.7 Å². The monoisotopic (exact) mass is 279 g/mol. The minimum absolute atomic E-state index is 0.268. The maximum atomic E-state index is 10.5. The van der Waals surface area contributed by atoms with Crippen molar-refractivity contribution in [3.63, 3.8) is 0 Å². The predicted octanol–water partition coefficient (Wildman–Crippen LogP) is 1.96. The van der Waals surface area contributed by atoms with Crippen LogP contribution in [-0.4, -0.2) is 28.3 Å². The number of piperidine rings is 1. The van der Waals surface area contributed by atoms with Gasteiger partial charge >= 0.3 is 0 Å². The first-order chi connectivity index (χ1) is 9.17.